The monoisotopic (exact) mass is 361 g/mol. The van der Waals surface area contributed by atoms with Crippen molar-refractivity contribution in [2.24, 2.45) is 5.73 Å². The van der Waals surface area contributed by atoms with Crippen LogP contribution in [0.1, 0.15) is 31.6 Å². The molecule has 5 N–H and O–H groups in total. The standard InChI is InChI=1S/C15H23N5O.2ClH/c1-2-21-14(16)12-9-19-15-11(5-8-18-15)13(12)20-10-3-6-17-7-4-10;;/h5,8-10,14,17H,2-4,6-7,16H2,1H3,(H2,18,19,20);2*1H. The number of aromatic nitrogens is 2. The molecular weight excluding hydrogens is 337 g/mol. The summed E-state index contributed by atoms with van der Waals surface area (Å²) < 4.78 is 5.56. The van der Waals surface area contributed by atoms with E-state index >= 15 is 0 Å². The Hall–Kier alpha value is -1.05. The summed E-state index contributed by atoms with van der Waals surface area (Å²) in [4.78, 5) is 7.58. The van der Waals surface area contributed by atoms with Gasteiger partial charge >= 0.3 is 0 Å². The number of piperidine rings is 1. The number of hydrogen-bond donors (Lipinski definition) is 4. The van der Waals surface area contributed by atoms with Gasteiger partial charge in [-0.15, -0.1) is 24.8 Å². The van der Waals surface area contributed by atoms with Crippen LogP contribution in [0.5, 0.6) is 0 Å². The fourth-order valence-corrected chi connectivity index (χ4v) is 2.84. The molecule has 3 rings (SSSR count). The van der Waals surface area contributed by atoms with E-state index in [1.165, 1.54) is 0 Å². The number of nitrogens with two attached hydrogens (primary N) is 1. The van der Waals surface area contributed by atoms with Gasteiger partial charge in [0.2, 0.25) is 0 Å². The second-order valence-corrected chi connectivity index (χ2v) is 5.37. The van der Waals surface area contributed by atoms with Gasteiger partial charge < -0.3 is 26.1 Å². The summed E-state index contributed by atoms with van der Waals surface area (Å²) in [6.07, 6.45) is 5.48. The van der Waals surface area contributed by atoms with Gasteiger partial charge in [0.05, 0.1) is 5.69 Å². The summed E-state index contributed by atoms with van der Waals surface area (Å²) in [5.41, 5.74) is 8.99. The van der Waals surface area contributed by atoms with Crippen LogP contribution in [0.25, 0.3) is 11.0 Å². The van der Waals surface area contributed by atoms with E-state index in [2.05, 4.69) is 20.6 Å². The third-order valence-corrected chi connectivity index (χ3v) is 3.96. The van der Waals surface area contributed by atoms with E-state index in [1.807, 2.05) is 25.4 Å². The zero-order valence-electron chi connectivity index (χ0n) is 13.2. The van der Waals surface area contributed by atoms with Crippen LogP contribution in [0, 0.1) is 0 Å². The summed E-state index contributed by atoms with van der Waals surface area (Å²) >= 11 is 0. The lowest BCUT2D eigenvalue weighted by molar-refractivity contribution is 0.0677. The molecule has 0 amide bonds. The average Bonchev–Trinajstić information content (AvgIpc) is 2.98. The Morgan fingerprint density at radius 2 is 2.13 bits per heavy atom. The number of anilines is 1. The summed E-state index contributed by atoms with van der Waals surface area (Å²) in [5.74, 6) is 0. The van der Waals surface area contributed by atoms with E-state index in [0.29, 0.717) is 12.6 Å². The van der Waals surface area contributed by atoms with Crippen LogP contribution in [0.4, 0.5) is 5.69 Å². The van der Waals surface area contributed by atoms with Gasteiger partial charge in [-0.1, -0.05) is 0 Å². The molecule has 6 nitrogen and oxygen atoms in total. The van der Waals surface area contributed by atoms with E-state index < -0.39 is 6.23 Å². The minimum Gasteiger partial charge on any atom is -0.381 e. The lowest BCUT2D eigenvalue weighted by atomic mass is 10.0. The fourth-order valence-electron chi connectivity index (χ4n) is 2.84. The third-order valence-electron chi connectivity index (χ3n) is 3.96. The molecule has 2 aromatic heterocycles. The molecular formula is C15H25Cl2N5O. The van der Waals surface area contributed by atoms with Gasteiger partial charge in [0.25, 0.3) is 0 Å². The highest BCUT2D eigenvalue weighted by atomic mass is 35.5. The first kappa shape index (κ1) is 20.0. The summed E-state index contributed by atoms with van der Waals surface area (Å²) in [6.45, 7) is 4.62. The number of ether oxygens (including phenoxy) is 1. The number of fused-ring (bicyclic) bond motifs is 1. The molecule has 0 spiro atoms. The Kier molecular flexibility index (Phi) is 8.08. The van der Waals surface area contributed by atoms with Crippen molar-refractivity contribution >= 4 is 41.5 Å². The van der Waals surface area contributed by atoms with E-state index in [0.717, 1.165) is 48.2 Å². The molecule has 1 unspecified atom stereocenters. The number of nitrogens with zero attached hydrogens (tertiary/aromatic N) is 1. The van der Waals surface area contributed by atoms with Crippen molar-refractivity contribution in [3.05, 3.63) is 24.0 Å². The van der Waals surface area contributed by atoms with Crippen LogP contribution in [0.2, 0.25) is 0 Å². The molecule has 3 heterocycles. The second kappa shape index (κ2) is 9.30. The van der Waals surface area contributed by atoms with Crippen LogP contribution < -0.4 is 16.4 Å². The van der Waals surface area contributed by atoms with Crippen molar-refractivity contribution in [2.75, 3.05) is 25.0 Å². The molecule has 130 valence electrons. The van der Waals surface area contributed by atoms with Gasteiger partial charge in [0, 0.05) is 36.0 Å². The van der Waals surface area contributed by atoms with Crippen molar-refractivity contribution in [3.8, 4) is 0 Å². The molecule has 23 heavy (non-hydrogen) atoms. The van der Waals surface area contributed by atoms with Gasteiger partial charge in [0.1, 0.15) is 11.9 Å². The van der Waals surface area contributed by atoms with E-state index in [-0.39, 0.29) is 24.8 Å². The Labute approximate surface area is 148 Å². The van der Waals surface area contributed by atoms with E-state index in [1.54, 1.807) is 0 Å². The molecule has 0 saturated carbocycles. The minimum atomic E-state index is -0.453. The first-order chi connectivity index (χ1) is 10.3. The predicted octanol–water partition coefficient (Wildman–Crippen LogP) is 2.56. The number of nitrogens with one attached hydrogen (secondary N) is 3. The zero-order valence-corrected chi connectivity index (χ0v) is 14.8. The van der Waals surface area contributed by atoms with Gasteiger partial charge in [-0.05, 0) is 38.9 Å². The first-order valence-electron chi connectivity index (χ1n) is 7.60. The number of halogens is 2. The summed E-state index contributed by atoms with van der Waals surface area (Å²) in [7, 11) is 0. The molecule has 1 fully saturated rings. The molecule has 1 aliphatic heterocycles. The highest BCUT2D eigenvalue weighted by molar-refractivity contribution is 5.91. The Balaban J connectivity index is 0.00000132. The van der Waals surface area contributed by atoms with Crippen molar-refractivity contribution in [2.45, 2.75) is 32.0 Å². The maximum atomic E-state index is 6.15. The quantitative estimate of drug-likeness (QED) is 0.614. The SMILES string of the molecule is CCOC(N)c1cnc2[nH]ccc2c1NC1CCNCC1.Cl.Cl. The molecule has 1 atom stereocenters. The lowest BCUT2D eigenvalue weighted by Crippen LogP contribution is -2.35. The van der Waals surface area contributed by atoms with Gasteiger partial charge in [-0.3, -0.25) is 0 Å². The topological polar surface area (TPSA) is 88.0 Å². The fraction of sp³-hybridized carbons (Fsp3) is 0.533. The predicted molar refractivity (Wildman–Crippen MR) is 98.7 cm³/mol. The van der Waals surface area contributed by atoms with Gasteiger partial charge in [0.15, 0.2) is 0 Å². The van der Waals surface area contributed by atoms with E-state index in [4.69, 9.17) is 10.5 Å². The zero-order chi connectivity index (χ0) is 14.7. The molecule has 1 saturated heterocycles. The molecule has 0 aliphatic carbocycles. The number of H-pyrrole nitrogens is 1. The number of rotatable bonds is 5. The highest BCUT2D eigenvalue weighted by Gasteiger charge is 2.20. The van der Waals surface area contributed by atoms with Crippen LogP contribution in [0.3, 0.4) is 0 Å². The van der Waals surface area contributed by atoms with Crippen molar-refractivity contribution in [1.29, 1.82) is 0 Å². The second-order valence-electron chi connectivity index (χ2n) is 5.37. The maximum Gasteiger partial charge on any atom is 0.139 e. The average molecular weight is 362 g/mol. The van der Waals surface area contributed by atoms with Gasteiger partial charge in [-0.25, -0.2) is 4.98 Å². The van der Waals surface area contributed by atoms with Crippen LogP contribution in [-0.4, -0.2) is 35.7 Å². The molecule has 2 aromatic rings. The smallest absolute Gasteiger partial charge is 0.139 e. The molecule has 8 heteroatoms. The Bertz CT molecular complexity index is 601. The minimum absolute atomic E-state index is 0. The maximum absolute atomic E-state index is 6.15. The Morgan fingerprint density at radius 1 is 1.39 bits per heavy atom. The highest BCUT2D eigenvalue weighted by Crippen LogP contribution is 2.30. The molecule has 0 radical (unpaired) electrons. The van der Waals surface area contributed by atoms with Crippen LogP contribution >= 0.6 is 24.8 Å². The Morgan fingerprint density at radius 3 is 2.83 bits per heavy atom. The summed E-state index contributed by atoms with van der Waals surface area (Å²) in [6, 6.07) is 2.49. The number of pyridine rings is 1. The molecule has 1 aliphatic rings. The van der Waals surface area contributed by atoms with Crippen LogP contribution in [-0.2, 0) is 4.74 Å². The lowest BCUT2D eigenvalue weighted by Gasteiger charge is -2.27. The van der Waals surface area contributed by atoms with Crippen molar-refractivity contribution in [1.82, 2.24) is 15.3 Å². The first-order valence-corrected chi connectivity index (χ1v) is 7.60. The van der Waals surface area contributed by atoms with Crippen LogP contribution in [0.15, 0.2) is 18.5 Å². The molecule has 0 bridgehead atoms. The number of hydrogen-bond acceptors (Lipinski definition) is 5. The third kappa shape index (κ3) is 4.49. The largest absolute Gasteiger partial charge is 0.381 e. The summed E-state index contributed by atoms with van der Waals surface area (Å²) in [5, 5.41) is 8.11. The number of aromatic amines is 1. The van der Waals surface area contributed by atoms with Gasteiger partial charge in [-0.2, -0.15) is 0 Å². The van der Waals surface area contributed by atoms with E-state index in [9.17, 15) is 0 Å². The van der Waals surface area contributed by atoms with Crippen molar-refractivity contribution in [3.63, 3.8) is 0 Å². The normalized spacial score (nSPS) is 16.4. The van der Waals surface area contributed by atoms with Crippen molar-refractivity contribution < 1.29 is 4.74 Å². The molecule has 0 aromatic carbocycles.